The Balaban J connectivity index is 3.02. The largest absolute Gasteiger partial charge is 0.434 e. The summed E-state index contributed by atoms with van der Waals surface area (Å²) in [4.78, 5) is 3.48. The lowest BCUT2D eigenvalue weighted by atomic mass is 10.3. The van der Waals surface area contributed by atoms with Gasteiger partial charge in [0.15, 0.2) is 5.69 Å². The molecule has 14 heavy (non-hydrogen) atoms. The zero-order valence-corrected chi connectivity index (χ0v) is 8.21. The van der Waals surface area contributed by atoms with E-state index < -0.39 is 11.9 Å². The van der Waals surface area contributed by atoms with E-state index in [4.69, 9.17) is 10.5 Å². The predicted octanol–water partition coefficient (Wildman–Crippen LogP) is 1.77. The van der Waals surface area contributed by atoms with Crippen LogP contribution in [0.25, 0.3) is 0 Å². The van der Waals surface area contributed by atoms with Crippen LogP contribution in [-0.2, 0) is 24.1 Å². The van der Waals surface area contributed by atoms with Crippen molar-refractivity contribution in [1.82, 2.24) is 4.98 Å². The molecule has 1 aromatic heterocycles. The minimum Gasteiger partial charge on any atom is -0.378 e. The van der Waals surface area contributed by atoms with Crippen molar-refractivity contribution in [2.45, 2.75) is 19.3 Å². The summed E-state index contributed by atoms with van der Waals surface area (Å²) in [5, 5.41) is 0.292. The molecule has 0 fully saturated rings. The summed E-state index contributed by atoms with van der Waals surface area (Å²) in [6.45, 7) is -0.0794. The van der Waals surface area contributed by atoms with Gasteiger partial charge in [0.05, 0.1) is 11.5 Å². The highest BCUT2D eigenvalue weighted by atomic mass is 32.1. The average Bonchev–Trinajstić information content (AvgIpc) is 2.47. The minimum atomic E-state index is -4.43. The third kappa shape index (κ3) is 2.43. The van der Waals surface area contributed by atoms with Crippen molar-refractivity contribution in [3.63, 3.8) is 0 Å². The quantitative estimate of drug-likeness (QED) is 0.854. The van der Waals surface area contributed by atoms with E-state index in [0.717, 1.165) is 11.3 Å². The first-order valence-corrected chi connectivity index (χ1v) is 4.55. The maximum absolute atomic E-state index is 12.3. The molecule has 0 atom stereocenters. The Labute approximate surface area is 82.7 Å². The van der Waals surface area contributed by atoms with E-state index >= 15 is 0 Å². The second-order valence-electron chi connectivity index (χ2n) is 2.51. The van der Waals surface area contributed by atoms with E-state index in [1.54, 1.807) is 0 Å². The normalized spacial score (nSPS) is 12.1. The molecule has 1 rings (SSSR count). The molecule has 0 amide bonds. The minimum absolute atomic E-state index is 0.0459. The third-order valence-corrected chi connectivity index (χ3v) is 2.51. The number of aromatic nitrogens is 1. The Kier molecular flexibility index (Phi) is 3.46. The first kappa shape index (κ1) is 11.4. The summed E-state index contributed by atoms with van der Waals surface area (Å²) >= 11 is 0.930. The first-order valence-electron chi connectivity index (χ1n) is 3.73. The molecular formula is C7H9F3N2OS. The van der Waals surface area contributed by atoms with E-state index in [0.29, 0.717) is 5.01 Å². The Morgan fingerprint density at radius 2 is 2.14 bits per heavy atom. The number of nitrogens with two attached hydrogens (primary N) is 1. The SMILES string of the molecule is COCc1nc(C(F)(F)F)c(CN)s1. The molecule has 0 bridgehead atoms. The van der Waals surface area contributed by atoms with Crippen LogP contribution in [0.1, 0.15) is 15.6 Å². The van der Waals surface area contributed by atoms with Gasteiger partial charge in [0.25, 0.3) is 0 Å². The molecule has 1 aromatic rings. The summed E-state index contributed by atoms with van der Waals surface area (Å²) < 4.78 is 41.7. The molecule has 0 aromatic carbocycles. The fourth-order valence-corrected chi connectivity index (χ4v) is 1.88. The van der Waals surface area contributed by atoms with Crippen LogP contribution in [0.15, 0.2) is 0 Å². The Morgan fingerprint density at radius 1 is 1.50 bits per heavy atom. The van der Waals surface area contributed by atoms with Gasteiger partial charge in [-0.2, -0.15) is 13.2 Å². The predicted molar refractivity (Wildman–Crippen MR) is 45.7 cm³/mol. The lowest BCUT2D eigenvalue weighted by Gasteiger charge is -2.03. The molecule has 3 nitrogen and oxygen atoms in total. The van der Waals surface area contributed by atoms with E-state index in [1.165, 1.54) is 7.11 Å². The van der Waals surface area contributed by atoms with Crippen molar-refractivity contribution in [1.29, 1.82) is 0 Å². The van der Waals surface area contributed by atoms with Gasteiger partial charge >= 0.3 is 6.18 Å². The zero-order valence-electron chi connectivity index (χ0n) is 7.39. The van der Waals surface area contributed by atoms with Crippen LogP contribution >= 0.6 is 11.3 Å². The molecule has 0 saturated carbocycles. The van der Waals surface area contributed by atoms with Crippen molar-refractivity contribution in [2.24, 2.45) is 5.73 Å². The number of thiazole rings is 1. The van der Waals surface area contributed by atoms with Gasteiger partial charge in [-0.25, -0.2) is 4.98 Å². The number of ether oxygens (including phenoxy) is 1. The van der Waals surface area contributed by atoms with Gasteiger partial charge in [0.2, 0.25) is 0 Å². The molecule has 80 valence electrons. The summed E-state index contributed by atoms with van der Waals surface area (Å²) in [6.07, 6.45) is -4.43. The van der Waals surface area contributed by atoms with Gasteiger partial charge in [0, 0.05) is 13.7 Å². The van der Waals surface area contributed by atoms with Crippen LogP contribution in [0, 0.1) is 0 Å². The summed E-state index contributed by atoms with van der Waals surface area (Å²) in [7, 11) is 1.40. The van der Waals surface area contributed by atoms with Gasteiger partial charge in [-0.3, -0.25) is 0 Å². The van der Waals surface area contributed by atoms with Crippen LogP contribution in [0.4, 0.5) is 13.2 Å². The number of nitrogens with zero attached hydrogens (tertiary/aromatic N) is 1. The van der Waals surface area contributed by atoms with Crippen LogP contribution in [0.5, 0.6) is 0 Å². The van der Waals surface area contributed by atoms with Crippen molar-refractivity contribution in [3.05, 3.63) is 15.6 Å². The topological polar surface area (TPSA) is 48.1 Å². The lowest BCUT2D eigenvalue weighted by Crippen LogP contribution is -2.10. The second kappa shape index (κ2) is 4.24. The van der Waals surface area contributed by atoms with E-state index in [9.17, 15) is 13.2 Å². The van der Waals surface area contributed by atoms with Gasteiger partial charge in [-0.05, 0) is 0 Å². The van der Waals surface area contributed by atoms with Gasteiger partial charge in [0.1, 0.15) is 5.01 Å². The summed E-state index contributed by atoms with van der Waals surface area (Å²) in [6, 6.07) is 0. The monoisotopic (exact) mass is 226 g/mol. The molecule has 0 saturated heterocycles. The zero-order chi connectivity index (χ0) is 10.8. The van der Waals surface area contributed by atoms with Crippen LogP contribution in [-0.4, -0.2) is 12.1 Å². The second-order valence-corrected chi connectivity index (χ2v) is 3.68. The number of alkyl halides is 3. The number of hydrogen-bond donors (Lipinski definition) is 1. The van der Waals surface area contributed by atoms with Gasteiger partial charge < -0.3 is 10.5 Å². The highest BCUT2D eigenvalue weighted by molar-refractivity contribution is 7.11. The van der Waals surface area contributed by atoms with Crippen molar-refractivity contribution < 1.29 is 17.9 Å². The molecule has 2 N–H and O–H groups in total. The molecule has 0 aliphatic carbocycles. The first-order chi connectivity index (χ1) is 6.49. The molecule has 0 unspecified atom stereocenters. The van der Waals surface area contributed by atoms with Gasteiger partial charge in [-0.15, -0.1) is 11.3 Å². The highest BCUT2D eigenvalue weighted by Crippen LogP contribution is 2.34. The van der Waals surface area contributed by atoms with E-state index in [2.05, 4.69) is 4.98 Å². The molecule has 0 spiro atoms. The molecule has 7 heteroatoms. The standard InChI is InChI=1S/C7H9F3N2OS/c1-13-3-5-12-6(7(8,9)10)4(2-11)14-5/h2-3,11H2,1H3. The number of hydrogen-bond acceptors (Lipinski definition) is 4. The van der Waals surface area contributed by atoms with Crippen molar-refractivity contribution in [3.8, 4) is 0 Å². The van der Waals surface area contributed by atoms with Gasteiger partial charge in [-0.1, -0.05) is 0 Å². The van der Waals surface area contributed by atoms with Crippen molar-refractivity contribution >= 4 is 11.3 Å². The number of methoxy groups -OCH3 is 1. The van der Waals surface area contributed by atoms with Crippen LogP contribution in [0.3, 0.4) is 0 Å². The van der Waals surface area contributed by atoms with Crippen LogP contribution < -0.4 is 5.73 Å². The molecular weight excluding hydrogens is 217 g/mol. The van der Waals surface area contributed by atoms with E-state index in [-0.39, 0.29) is 18.0 Å². The maximum atomic E-state index is 12.3. The lowest BCUT2D eigenvalue weighted by molar-refractivity contribution is -0.141. The molecule has 0 aliphatic heterocycles. The number of halogens is 3. The smallest absolute Gasteiger partial charge is 0.378 e. The van der Waals surface area contributed by atoms with Crippen LogP contribution in [0.2, 0.25) is 0 Å². The number of rotatable bonds is 3. The van der Waals surface area contributed by atoms with Crippen molar-refractivity contribution in [2.75, 3.05) is 7.11 Å². The molecule has 1 heterocycles. The Morgan fingerprint density at radius 3 is 2.50 bits per heavy atom. The Hall–Kier alpha value is -0.660. The average molecular weight is 226 g/mol. The van der Waals surface area contributed by atoms with E-state index in [1.807, 2.05) is 0 Å². The molecule has 0 aliphatic rings. The fraction of sp³-hybridized carbons (Fsp3) is 0.571. The fourth-order valence-electron chi connectivity index (χ4n) is 0.945. The maximum Gasteiger partial charge on any atom is 0.434 e. The molecule has 0 radical (unpaired) electrons. The highest BCUT2D eigenvalue weighted by Gasteiger charge is 2.36. The summed E-state index contributed by atoms with van der Waals surface area (Å²) in [5.41, 5.74) is 4.29. The third-order valence-electron chi connectivity index (χ3n) is 1.46. The Bertz CT molecular complexity index is 310. The summed E-state index contributed by atoms with van der Waals surface area (Å²) in [5.74, 6) is 0.